The van der Waals surface area contributed by atoms with E-state index in [9.17, 15) is 8.42 Å². The number of aliphatic hydroxyl groups is 1. The second-order valence-electron chi connectivity index (χ2n) is 4.34. The van der Waals surface area contributed by atoms with Crippen LogP contribution in [0, 0.1) is 5.92 Å². The van der Waals surface area contributed by atoms with Crippen LogP contribution in [0.3, 0.4) is 0 Å². The smallest absolute Gasteiger partial charge is 0.279 e. The maximum atomic E-state index is 11.8. The fraction of sp³-hybridized carbons (Fsp3) is 1.00. The fourth-order valence-electron chi connectivity index (χ4n) is 1.62. The average Bonchev–Trinajstić information content (AvgIpc) is 2.35. The highest BCUT2D eigenvalue weighted by Crippen LogP contribution is 2.05. The van der Waals surface area contributed by atoms with E-state index in [1.165, 1.54) is 4.31 Å². The number of nitrogens with zero attached hydrogens (tertiary/aromatic N) is 1. The topological polar surface area (TPSA) is 78.9 Å². The summed E-state index contributed by atoms with van der Waals surface area (Å²) < 4.78 is 32.7. The molecule has 2 N–H and O–H groups in total. The predicted octanol–water partition coefficient (Wildman–Crippen LogP) is -0.438. The van der Waals surface area contributed by atoms with Crippen molar-refractivity contribution in [3.8, 4) is 0 Å². The van der Waals surface area contributed by atoms with Crippen molar-refractivity contribution in [1.82, 2.24) is 9.03 Å². The Morgan fingerprint density at radius 2 is 2.06 bits per heavy atom. The van der Waals surface area contributed by atoms with Crippen molar-refractivity contribution in [2.45, 2.75) is 19.8 Å². The predicted molar refractivity (Wildman–Crippen MR) is 64.8 cm³/mol. The normalized spacial score (nSPS) is 20.4. The lowest BCUT2D eigenvalue weighted by Crippen LogP contribution is -2.46. The number of hydrogen-bond donors (Lipinski definition) is 2. The summed E-state index contributed by atoms with van der Waals surface area (Å²) in [5.41, 5.74) is 0. The molecule has 1 heterocycles. The molecular formula is C10H22N2O4S. The van der Waals surface area contributed by atoms with Gasteiger partial charge in [0.1, 0.15) is 0 Å². The minimum Gasteiger partial charge on any atom is -0.396 e. The lowest BCUT2D eigenvalue weighted by molar-refractivity contribution is 0.0725. The summed E-state index contributed by atoms with van der Waals surface area (Å²) in [4.78, 5) is 0. The Hall–Kier alpha value is -0.210. The molecule has 0 aromatic heterocycles. The standard InChI is InChI=1S/C10H22N2O4S/c1-10(9-13)3-2-4-11-17(14,15)12-5-7-16-8-6-12/h10-11,13H,2-9H2,1H3. The molecule has 7 heteroatoms. The molecule has 0 aromatic carbocycles. The lowest BCUT2D eigenvalue weighted by Gasteiger charge is -2.26. The first-order chi connectivity index (χ1) is 8.06. The Morgan fingerprint density at radius 1 is 1.41 bits per heavy atom. The molecule has 1 rings (SSSR count). The maximum absolute atomic E-state index is 11.8. The number of rotatable bonds is 7. The van der Waals surface area contributed by atoms with Gasteiger partial charge in [0, 0.05) is 26.2 Å². The molecule has 0 bridgehead atoms. The van der Waals surface area contributed by atoms with E-state index in [1.807, 2.05) is 6.92 Å². The van der Waals surface area contributed by atoms with E-state index in [-0.39, 0.29) is 12.5 Å². The molecule has 1 aliphatic rings. The Kier molecular flexibility index (Phi) is 6.35. The van der Waals surface area contributed by atoms with Gasteiger partial charge < -0.3 is 9.84 Å². The molecule has 6 nitrogen and oxygen atoms in total. The zero-order chi connectivity index (χ0) is 12.7. The largest absolute Gasteiger partial charge is 0.396 e. The van der Waals surface area contributed by atoms with E-state index >= 15 is 0 Å². The van der Waals surface area contributed by atoms with Crippen molar-refractivity contribution < 1.29 is 18.3 Å². The second kappa shape index (κ2) is 7.27. The van der Waals surface area contributed by atoms with Crippen molar-refractivity contribution in [1.29, 1.82) is 0 Å². The van der Waals surface area contributed by atoms with Crippen LogP contribution in [0.15, 0.2) is 0 Å². The SMILES string of the molecule is CC(CO)CCCNS(=O)(=O)N1CCOCC1. The maximum Gasteiger partial charge on any atom is 0.279 e. The molecule has 0 radical (unpaired) electrons. The van der Waals surface area contributed by atoms with E-state index in [1.54, 1.807) is 0 Å². The van der Waals surface area contributed by atoms with Gasteiger partial charge in [-0.05, 0) is 18.8 Å². The number of hydrogen-bond acceptors (Lipinski definition) is 4. The van der Waals surface area contributed by atoms with Crippen molar-refractivity contribution >= 4 is 10.2 Å². The van der Waals surface area contributed by atoms with E-state index in [4.69, 9.17) is 9.84 Å². The Labute approximate surface area is 103 Å². The molecule has 1 fully saturated rings. The molecule has 0 saturated carbocycles. The van der Waals surface area contributed by atoms with Gasteiger partial charge in [0.15, 0.2) is 0 Å². The fourth-order valence-corrected chi connectivity index (χ4v) is 2.84. The average molecular weight is 266 g/mol. The highest BCUT2D eigenvalue weighted by Gasteiger charge is 2.23. The van der Waals surface area contributed by atoms with E-state index < -0.39 is 10.2 Å². The van der Waals surface area contributed by atoms with Gasteiger partial charge in [0.2, 0.25) is 0 Å². The van der Waals surface area contributed by atoms with E-state index in [2.05, 4.69) is 4.72 Å². The Morgan fingerprint density at radius 3 is 2.65 bits per heavy atom. The summed E-state index contributed by atoms with van der Waals surface area (Å²) in [5.74, 6) is 0.225. The van der Waals surface area contributed by atoms with Crippen LogP contribution in [0.25, 0.3) is 0 Å². The van der Waals surface area contributed by atoms with Crippen LogP contribution in [0.1, 0.15) is 19.8 Å². The van der Waals surface area contributed by atoms with Crippen LogP contribution in [-0.2, 0) is 14.9 Å². The van der Waals surface area contributed by atoms with Crippen LogP contribution in [-0.4, -0.2) is 57.3 Å². The molecule has 1 atom stereocenters. The highest BCUT2D eigenvalue weighted by atomic mass is 32.2. The van der Waals surface area contributed by atoms with Crippen LogP contribution in [0.4, 0.5) is 0 Å². The first-order valence-electron chi connectivity index (χ1n) is 5.99. The molecule has 0 aliphatic carbocycles. The molecule has 0 spiro atoms. The van der Waals surface area contributed by atoms with Gasteiger partial charge in [-0.2, -0.15) is 12.7 Å². The summed E-state index contributed by atoms with van der Waals surface area (Å²) in [6.07, 6.45) is 1.56. The molecular weight excluding hydrogens is 244 g/mol. The van der Waals surface area contributed by atoms with E-state index in [0.29, 0.717) is 32.8 Å². The van der Waals surface area contributed by atoms with Gasteiger partial charge in [-0.15, -0.1) is 0 Å². The molecule has 1 aliphatic heterocycles. The van der Waals surface area contributed by atoms with Crippen molar-refractivity contribution in [3.05, 3.63) is 0 Å². The van der Waals surface area contributed by atoms with Crippen LogP contribution in [0.5, 0.6) is 0 Å². The summed E-state index contributed by atoms with van der Waals surface area (Å²) in [5, 5.41) is 8.84. The summed E-state index contributed by atoms with van der Waals surface area (Å²) in [6.45, 7) is 4.27. The first kappa shape index (κ1) is 14.8. The molecule has 0 aromatic rings. The molecule has 1 saturated heterocycles. The quantitative estimate of drug-likeness (QED) is 0.612. The summed E-state index contributed by atoms with van der Waals surface area (Å²) >= 11 is 0. The second-order valence-corrected chi connectivity index (χ2v) is 6.10. The monoisotopic (exact) mass is 266 g/mol. The zero-order valence-electron chi connectivity index (χ0n) is 10.3. The van der Waals surface area contributed by atoms with Crippen molar-refractivity contribution in [2.24, 2.45) is 5.92 Å². The third kappa shape index (κ3) is 5.31. The number of nitrogens with one attached hydrogen (secondary N) is 1. The Bertz CT molecular complexity index is 301. The van der Waals surface area contributed by atoms with Gasteiger partial charge in [-0.3, -0.25) is 0 Å². The third-order valence-corrected chi connectivity index (χ3v) is 4.39. The molecule has 1 unspecified atom stereocenters. The van der Waals surface area contributed by atoms with Gasteiger partial charge in [0.05, 0.1) is 13.2 Å². The zero-order valence-corrected chi connectivity index (χ0v) is 11.1. The summed E-state index contributed by atoms with van der Waals surface area (Å²) in [6, 6.07) is 0. The van der Waals surface area contributed by atoms with Gasteiger partial charge in [-0.25, -0.2) is 4.72 Å². The van der Waals surface area contributed by atoms with Crippen LogP contribution >= 0.6 is 0 Å². The summed E-state index contributed by atoms with van der Waals surface area (Å²) in [7, 11) is -3.35. The number of morpholine rings is 1. The molecule has 102 valence electrons. The highest BCUT2D eigenvalue weighted by molar-refractivity contribution is 7.87. The van der Waals surface area contributed by atoms with Crippen LogP contribution < -0.4 is 4.72 Å². The first-order valence-corrected chi connectivity index (χ1v) is 7.43. The molecule has 17 heavy (non-hydrogen) atoms. The minimum atomic E-state index is -3.35. The van der Waals surface area contributed by atoms with Crippen molar-refractivity contribution in [2.75, 3.05) is 39.5 Å². The Balaban J connectivity index is 2.24. The number of ether oxygens (including phenoxy) is 1. The van der Waals surface area contributed by atoms with Gasteiger partial charge >= 0.3 is 0 Å². The van der Waals surface area contributed by atoms with Crippen molar-refractivity contribution in [3.63, 3.8) is 0 Å². The lowest BCUT2D eigenvalue weighted by atomic mass is 10.1. The van der Waals surface area contributed by atoms with Gasteiger partial charge in [-0.1, -0.05) is 6.92 Å². The number of aliphatic hydroxyl groups excluding tert-OH is 1. The van der Waals surface area contributed by atoms with Gasteiger partial charge in [0.25, 0.3) is 10.2 Å². The van der Waals surface area contributed by atoms with Crippen LogP contribution in [0.2, 0.25) is 0 Å². The third-order valence-electron chi connectivity index (χ3n) is 2.78. The minimum absolute atomic E-state index is 0.149. The molecule has 0 amide bonds. The van der Waals surface area contributed by atoms with E-state index in [0.717, 1.165) is 12.8 Å².